The van der Waals surface area contributed by atoms with Gasteiger partial charge in [0, 0.05) is 40.5 Å². The van der Waals surface area contributed by atoms with Crippen LogP contribution in [0.1, 0.15) is 31.3 Å². The third-order valence-electron chi connectivity index (χ3n) is 5.73. The van der Waals surface area contributed by atoms with Gasteiger partial charge in [0.05, 0.1) is 12.2 Å². The van der Waals surface area contributed by atoms with Gasteiger partial charge < -0.3 is 14.9 Å². The first kappa shape index (κ1) is 20.1. The molecule has 0 saturated carbocycles. The van der Waals surface area contributed by atoms with E-state index < -0.39 is 10.5 Å². The fraction of sp³-hybridized carbons (Fsp3) is 0.429. The summed E-state index contributed by atoms with van der Waals surface area (Å²) in [5, 5.41) is 11.8. The lowest BCUT2D eigenvalue weighted by molar-refractivity contribution is -0.389. The topological polar surface area (TPSA) is 86.3 Å². The van der Waals surface area contributed by atoms with Gasteiger partial charge in [0.2, 0.25) is 0 Å². The molecule has 4 heterocycles. The predicted octanol–water partition coefficient (Wildman–Crippen LogP) is 4.00. The minimum atomic E-state index is -0.518. The van der Waals surface area contributed by atoms with E-state index >= 15 is 0 Å². The lowest BCUT2D eigenvalue weighted by Gasteiger charge is -2.39. The minimum absolute atomic E-state index is 0.149. The van der Waals surface area contributed by atoms with E-state index in [4.69, 9.17) is 9.72 Å². The quantitative estimate of drug-likeness (QED) is 0.448. The molecule has 0 radical (unpaired) electrons. The van der Waals surface area contributed by atoms with Crippen molar-refractivity contribution in [3.8, 4) is 16.6 Å². The van der Waals surface area contributed by atoms with Gasteiger partial charge in [-0.25, -0.2) is 9.37 Å². The summed E-state index contributed by atoms with van der Waals surface area (Å²) >= 11 is 1.64. The standard InChI is InChI=1S/C21H22FN5O3S/c1-20(2)10-25(11-21(3)12-26-9-16(27(28)29)23-19(26)30-21)8-15-17(20)24-18(31-15)13-4-6-14(22)7-5-13/h4-7,9H,8,10-12H2,1-3H3/t21-/m0/s1. The monoisotopic (exact) mass is 443 g/mol. The smallest absolute Gasteiger partial charge is 0.415 e. The van der Waals surface area contributed by atoms with Crippen molar-refractivity contribution in [1.29, 1.82) is 0 Å². The molecule has 0 spiro atoms. The van der Waals surface area contributed by atoms with Crippen LogP contribution in [0.3, 0.4) is 0 Å². The molecule has 0 amide bonds. The number of thiazole rings is 1. The van der Waals surface area contributed by atoms with Gasteiger partial charge in [0.1, 0.15) is 22.6 Å². The molecular formula is C21H22FN5O3S. The Morgan fingerprint density at radius 1 is 1.23 bits per heavy atom. The van der Waals surface area contributed by atoms with Crippen molar-refractivity contribution >= 4 is 17.2 Å². The molecule has 0 saturated heterocycles. The van der Waals surface area contributed by atoms with Crippen LogP contribution >= 0.6 is 11.3 Å². The average molecular weight is 444 g/mol. The summed E-state index contributed by atoms with van der Waals surface area (Å²) in [7, 11) is 0. The second-order valence-corrected chi connectivity index (χ2v) is 10.2. The van der Waals surface area contributed by atoms with Gasteiger partial charge in [-0.15, -0.1) is 11.3 Å². The van der Waals surface area contributed by atoms with Crippen LogP contribution in [0.25, 0.3) is 10.6 Å². The Morgan fingerprint density at radius 3 is 2.65 bits per heavy atom. The first-order valence-corrected chi connectivity index (χ1v) is 10.8. The number of ether oxygens (including phenoxy) is 1. The fourth-order valence-electron chi connectivity index (χ4n) is 4.54. The van der Waals surface area contributed by atoms with Crippen LogP contribution in [0.4, 0.5) is 10.2 Å². The SMILES string of the molecule is CC1(C)CN(C[C@@]2(C)Cn3cc([N+](=O)[O-])nc3O2)Cc2sc(-c3ccc(F)cc3)nc21. The van der Waals surface area contributed by atoms with Crippen LogP contribution < -0.4 is 4.74 Å². The van der Waals surface area contributed by atoms with E-state index in [2.05, 4.69) is 23.7 Å². The molecule has 8 nitrogen and oxygen atoms in total. The normalized spacial score (nSPS) is 22.1. The molecule has 2 aliphatic rings. The molecule has 10 heteroatoms. The number of fused-ring (bicyclic) bond motifs is 2. The summed E-state index contributed by atoms with van der Waals surface area (Å²) in [6.45, 7) is 9.10. The van der Waals surface area contributed by atoms with Gasteiger partial charge in [-0.05, 0) is 36.1 Å². The van der Waals surface area contributed by atoms with E-state index in [0.29, 0.717) is 19.1 Å². The summed E-state index contributed by atoms with van der Waals surface area (Å²) in [6.07, 6.45) is 1.43. The molecule has 1 atom stereocenters. The van der Waals surface area contributed by atoms with Crippen molar-refractivity contribution in [1.82, 2.24) is 19.4 Å². The zero-order valence-corrected chi connectivity index (χ0v) is 18.3. The van der Waals surface area contributed by atoms with Crippen molar-refractivity contribution < 1.29 is 14.1 Å². The Labute approximate surface area is 182 Å². The molecule has 3 aromatic rings. The van der Waals surface area contributed by atoms with Crippen molar-refractivity contribution in [3.63, 3.8) is 0 Å². The Bertz CT molecular complexity index is 1150. The maximum absolute atomic E-state index is 13.3. The highest BCUT2D eigenvalue weighted by Crippen LogP contribution is 2.40. The van der Waals surface area contributed by atoms with E-state index in [0.717, 1.165) is 29.4 Å². The van der Waals surface area contributed by atoms with Crippen LogP contribution in [-0.2, 0) is 18.5 Å². The van der Waals surface area contributed by atoms with E-state index in [1.807, 2.05) is 6.92 Å². The summed E-state index contributed by atoms with van der Waals surface area (Å²) in [4.78, 5) is 22.8. The van der Waals surface area contributed by atoms with Gasteiger partial charge in [-0.2, -0.15) is 0 Å². The lowest BCUT2D eigenvalue weighted by atomic mass is 9.84. The second kappa shape index (κ2) is 6.83. The van der Waals surface area contributed by atoms with Crippen LogP contribution in [0, 0.1) is 15.9 Å². The number of hydrogen-bond donors (Lipinski definition) is 0. The molecular weight excluding hydrogens is 421 g/mol. The van der Waals surface area contributed by atoms with E-state index in [9.17, 15) is 14.5 Å². The highest BCUT2D eigenvalue weighted by atomic mass is 32.1. The number of aromatic nitrogens is 3. The summed E-state index contributed by atoms with van der Waals surface area (Å²) in [5.41, 5.74) is 1.34. The molecule has 31 heavy (non-hydrogen) atoms. The number of nitrogens with zero attached hydrogens (tertiary/aromatic N) is 5. The number of rotatable bonds is 4. The van der Waals surface area contributed by atoms with Gasteiger partial charge in [-0.3, -0.25) is 9.47 Å². The molecule has 0 aliphatic carbocycles. The van der Waals surface area contributed by atoms with E-state index in [1.54, 1.807) is 28.0 Å². The van der Waals surface area contributed by atoms with E-state index in [1.165, 1.54) is 23.2 Å². The summed E-state index contributed by atoms with van der Waals surface area (Å²) < 4.78 is 21.0. The minimum Gasteiger partial charge on any atom is -0.436 e. The zero-order valence-electron chi connectivity index (χ0n) is 17.5. The number of halogens is 1. The molecule has 5 rings (SSSR count). The molecule has 0 fully saturated rings. The number of nitro groups is 1. The van der Waals surface area contributed by atoms with Crippen molar-refractivity contribution in [2.24, 2.45) is 0 Å². The Morgan fingerprint density at radius 2 is 1.97 bits per heavy atom. The highest BCUT2D eigenvalue weighted by molar-refractivity contribution is 7.15. The van der Waals surface area contributed by atoms with Gasteiger partial charge in [0.25, 0.3) is 0 Å². The van der Waals surface area contributed by atoms with Crippen LogP contribution in [0.5, 0.6) is 6.01 Å². The predicted molar refractivity (Wildman–Crippen MR) is 114 cm³/mol. The zero-order chi connectivity index (χ0) is 22.0. The first-order valence-electron chi connectivity index (χ1n) is 10.0. The maximum Gasteiger partial charge on any atom is 0.415 e. The molecule has 2 aliphatic heterocycles. The Balaban J connectivity index is 1.35. The summed E-state index contributed by atoms with van der Waals surface area (Å²) in [6, 6.07) is 6.73. The number of benzene rings is 1. The number of hydrogen-bond acceptors (Lipinski definition) is 7. The largest absolute Gasteiger partial charge is 0.436 e. The Hall–Kier alpha value is -2.85. The third-order valence-corrected chi connectivity index (χ3v) is 6.82. The highest BCUT2D eigenvalue weighted by Gasteiger charge is 2.44. The van der Waals surface area contributed by atoms with Crippen molar-refractivity contribution in [3.05, 3.63) is 57.0 Å². The fourth-order valence-corrected chi connectivity index (χ4v) is 5.83. The van der Waals surface area contributed by atoms with Gasteiger partial charge >= 0.3 is 11.8 Å². The van der Waals surface area contributed by atoms with E-state index in [-0.39, 0.29) is 17.1 Å². The second-order valence-electron chi connectivity index (χ2n) is 9.15. The first-order chi connectivity index (χ1) is 14.6. The number of imidazole rings is 1. The average Bonchev–Trinajstić information content (AvgIpc) is 3.33. The molecule has 2 aromatic heterocycles. The van der Waals surface area contributed by atoms with Crippen LogP contribution in [0.15, 0.2) is 30.5 Å². The van der Waals surface area contributed by atoms with Crippen molar-refractivity contribution in [2.45, 2.75) is 44.9 Å². The van der Waals surface area contributed by atoms with Crippen LogP contribution in [-0.4, -0.2) is 43.0 Å². The van der Waals surface area contributed by atoms with Crippen molar-refractivity contribution in [2.75, 3.05) is 13.1 Å². The van der Waals surface area contributed by atoms with Gasteiger partial charge in [0.15, 0.2) is 0 Å². The molecule has 0 bridgehead atoms. The van der Waals surface area contributed by atoms with Crippen LogP contribution in [0.2, 0.25) is 0 Å². The Kier molecular flexibility index (Phi) is 4.42. The molecule has 1 aromatic carbocycles. The lowest BCUT2D eigenvalue weighted by Crippen LogP contribution is -2.50. The maximum atomic E-state index is 13.3. The molecule has 0 unspecified atom stereocenters. The summed E-state index contributed by atoms with van der Waals surface area (Å²) in [5.74, 6) is -0.453. The third kappa shape index (κ3) is 3.59. The molecule has 0 N–H and O–H groups in total. The molecule has 162 valence electrons. The van der Waals surface area contributed by atoms with Gasteiger partial charge in [-0.1, -0.05) is 13.8 Å².